The van der Waals surface area contributed by atoms with E-state index in [2.05, 4.69) is 10.0 Å². The number of nitrogens with one attached hydrogen (secondary N) is 2. The molecule has 6 nitrogen and oxygen atoms in total. The number of carbonyl (C=O) groups excluding carboxylic acids is 1. The van der Waals surface area contributed by atoms with Gasteiger partial charge in [0.2, 0.25) is 0 Å². The van der Waals surface area contributed by atoms with Crippen LogP contribution in [0.5, 0.6) is 5.75 Å². The van der Waals surface area contributed by atoms with E-state index in [-0.39, 0.29) is 28.2 Å². The van der Waals surface area contributed by atoms with Gasteiger partial charge in [-0.05, 0) is 42.8 Å². The zero-order valence-corrected chi connectivity index (χ0v) is 17.8. The third-order valence-corrected chi connectivity index (χ3v) is 5.88. The first-order valence-electron chi connectivity index (χ1n) is 9.16. The minimum Gasteiger partial charge on any atom is -0.482 e. The highest BCUT2D eigenvalue weighted by atomic mass is 35.5. The zero-order chi connectivity index (χ0) is 21.6. The second-order valence-electron chi connectivity index (χ2n) is 6.61. The van der Waals surface area contributed by atoms with E-state index in [1.165, 1.54) is 18.2 Å². The monoisotopic (exact) mass is 444 g/mol. The Morgan fingerprint density at radius 1 is 1.00 bits per heavy atom. The number of carbonyl (C=O) groups is 1. The van der Waals surface area contributed by atoms with Gasteiger partial charge in [0.25, 0.3) is 15.9 Å². The van der Waals surface area contributed by atoms with Crippen molar-refractivity contribution in [3.05, 3.63) is 88.9 Å². The Bertz CT molecular complexity index is 1120. The molecular weight excluding hydrogens is 424 g/mol. The lowest BCUT2D eigenvalue weighted by Gasteiger charge is -2.12. The van der Waals surface area contributed by atoms with Crippen LogP contribution in [0.3, 0.4) is 0 Å². The summed E-state index contributed by atoms with van der Waals surface area (Å²) in [6.07, 6.45) is 0. The Hall–Kier alpha value is -3.03. The average molecular weight is 445 g/mol. The summed E-state index contributed by atoms with van der Waals surface area (Å²) in [5.74, 6) is -0.0894. The number of ether oxygens (including phenoxy) is 1. The quantitative estimate of drug-likeness (QED) is 0.546. The molecule has 30 heavy (non-hydrogen) atoms. The van der Waals surface area contributed by atoms with Crippen LogP contribution < -0.4 is 14.8 Å². The van der Waals surface area contributed by atoms with Gasteiger partial charge in [-0.1, -0.05) is 59.6 Å². The van der Waals surface area contributed by atoms with Crippen LogP contribution in [-0.2, 0) is 21.4 Å². The number of rotatable bonds is 8. The topological polar surface area (TPSA) is 84.5 Å². The van der Waals surface area contributed by atoms with Crippen LogP contribution >= 0.6 is 11.6 Å². The van der Waals surface area contributed by atoms with Crippen molar-refractivity contribution in [2.45, 2.75) is 18.4 Å². The third kappa shape index (κ3) is 5.98. The Morgan fingerprint density at radius 2 is 1.70 bits per heavy atom. The lowest BCUT2D eigenvalue weighted by atomic mass is 10.2. The summed E-state index contributed by atoms with van der Waals surface area (Å²) >= 11 is 6.17. The molecule has 3 rings (SSSR count). The molecule has 0 saturated heterocycles. The molecule has 0 heterocycles. The van der Waals surface area contributed by atoms with E-state index in [1.54, 1.807) is 12.1 Å². The van der Waals surface area contributed by atoms with E-state index in [4.69, 9.17) is 16.3 Å². The second kappa shape index (κ2) is 9.65. The van der Waals surface area contributed by atoms with Crippen molar-refractivity contribution in [3.8, 4) is 5.75 Å². The number of benzene rings is 3. The highest BCUT2D eigenvalue weighted by Gasteiger charge is 2.17. The number of halogens is 1. The SMILES string of the molecule is Cc1ccc(NS(=O)(=O)c2ccc(OCC(=O)NCc3ccccc3)c(Cl)c2)cc1. The predicted octanol–water partition coefficient (Wildman–Crippen LogP) is 4.14. The summed E-state index contributed by atoms with van der Waals surface area (Å²) in [5.41, 5.74) is 2.45. The Kier molecular flexibility index (Phi) is 6.97. The maximum Gasteiger partial charge on any atom is 0.261 e. The normalized spacial score (nSPS) is 11.0. The molecule has 0 radical (unpaired) electrons. The maximum atomic E-state index is 12.6. The molecule has 3 aromatic rings. The van der Waals surface area contributed by atoms with E-state index in [9.17, 15) is 13.2 Å². The van der Waals surface area contributed by atoms with Crippen molar-refractivity contribution in [3.63, 3.8) is 0 Å². The van der Waals surface area contributed by atoms with Crippen LogP contribution in [0.2, 0.25) is 5.02 Å². The number of amides is 1. The summed E-state index contributed by atoms with van der Waals surface area (Å²) in [5, 5.41) is 2.84. The Morgan fingerprint density at radius 3 is 2.37 bits per heavy atom. The Labute approximate surface area is 180 Å². The highest BCUT2D eigenvalue weighted by Crippen LogP contribution is 2.28. The van der Waals surface area contributed by atoms with Crippen molar-refractivity contribution in [1.29, 1.82) is 0 Å². The van der Waals surface area contributed by atoms with Gasteiger partial charge < -0.3 is 10.1 Å². The molecule has 0 bridgehead atoms. The van der Waals surface area contributed by atoms with Gasteiger partial charge in [0.1, 0.15) is 5.75 Å². The predicted molar refractivity (Wildman–Crippen MR) is 117 cm³/mol. The fourth-order valence-electron chi connectivity index (χ4n) is 2.59. The van der Waals surface area contributed by atoms with Crippen LogP contribution in [0.1, 0.15) is 11.1 Å². The molecule has 0 aliphatic heterocycles. The van der Waals surface area contributed by atoms with Gasteiger partial charge in [-0.3, -0.25) is 9.52 Å². The molecule has 8 heteroatoms. The minimum absolute atomic E-state index is 0.00560. The van der Waals surface area contributed by atoms with E-state index < -0.39 is 10.0 Å². The summed E-state index contributed by atoms with van der Waals surface area (Å²) in [4.78, 5) is 12.0. The second-order valence-corrected chi connectivity index (χ2v) is 8.70. The molecule has 0 aliphatic rings. The van der Waals surface area contributed by atoms with Crippen LogP contribution in [-0.4, -0.2) is 20.9 Å². The zero-order valence-electron chi connectivity index (χ0n) is 16.3. The van der Waals surface area contributed by atoms with Gasteiger partial charge in [0.05, 0.1) is 9.92 Å². The number of anilines is 1. The molecule has 3 aromatic carbocycles. The fourth-order valence-corrected chi connectivity index (χ4v) is 3.98. The molecular formula is C22H21ClN2O4S. The maximum absolute atomic E-state index is 12.6. The van der Waals surface area contributed by atoms with Crippen LogP contribution in [0.4, 0.5) is 5.69 Å². The molecule has 2 N–H and O–H groups in total. The first kappa shape index (κ1) is 21.7. The van der Waals surface area contributed by atoms with Gasteiger partial charge in [0, 0.05) is 12.2 Å². The lowest BCUT2D eigenvalue weighted by Crippen LogP contribution is -2.28. The van der Waals surface area contributed by atoms with Crippen LogP contribution in [0.15, 0.2) is 77.7 Å². The lowest BCUT2D eigenvalue weighted by molar-refractivity contribution is -0.123. The van der Waals surface area contributed by atoms with Gasteiger partial charge >= 0.3 is 0 Å². The van der Waals surface area contributed by atoms with Crippen molar-refractivity contribution < 1.29 is 17.9 Å². The van der Waals surface area contributed by atoms with Crippen molar-refractivity contribution in [2.24, 2.45) is 0 Å². The molecule has 156 valence electrons. The molecule has 0 fully saturated rings. The summed E-state index contributed by atoms with van der Waals surface area (Å²) in [6, 6.07) is 20.6. The van der Waals surface area contributed by atoms with Crippen LogP contribution in [0.25, 0.3) is 0 Å². The Balaban J connectivity index is 1.59. The molecule has 0 aromatic heterocycles. The van der Waals surface area contributed by atoms with Crippen molar-refractivity contribution in [1.82, 2.24) is 5.32 Å². The van der Waals surface area contributed by atoms with E-state index in [1.807, 2.05) is 49.4 Å². The van der Waals surface area contributed by atoms with E-state index >= 15 is 0 Å². The fraction of sp³-hybridized carbons (Fsp3) is 0.136. The average Bonchev–Trinajstić information content (AvgIpc) is 2.73. The summed E-state index contributed by atoms with van der Waals surface area (Å²) in [6.45, 7) is 2.07. The molecule has 0 atom stereocenters. The molecule has 0 unspecified atom stereocenters. The molecule has 1 amide bonds. The van der Waals surface area contributed by atoms with Crippen molar-refractivity contribution >= 4 is 33.2 Å². The highest BCUT2D eigenvalue weighted by molar-refractivity contribution is 7.92. The number of aryl methyl sites for hydroxylation is 1. The van der Waals surface area contributed by atoms with Gasteiger partial charge in [-0.25, -0.2) is 8.42 Å². The number of sulfonamides is 1. The first-order valence-corrected chi connectivity index (χ1v) is 11.0. The van der Waals surface area contributed by atoms with Crippen LogP contribution in [0, 0.1) is 6.92 Å². The summed E-state index contributed by atoms with van der Waals surface area (Å²) in [7, 11) is -3.81. The van der Waals surface area contributed by atoms with Crippen molar-refractivity contribution in [2.75, 3.05) is 11.3 Å². The number of hydrogen-bond donors (Lipinski definition) is 2. The minimum atomic E-state index is -3.81. The largest absolute Gasteiger partial charge is 0.482 e. The molecule has 0 spiro atoms. The van der Waals surface area contributed by atoms with Gasteiger partial charge in [-0.15, -0.1) is 0 Å². The summed E-state index contributed by atoms with van der Waals surface area (Å²) < 4.78 is 33.0. The van der Waals surface area contributed by atoms with E-state index in [0.717, 1.165) is 11.1 Å². The third-order valence-electron chi connectivity index (χ3n) is 4.21. The molecule has 0 aliphatic carbocycles. The van der Waals surface area contributed by atoms with Gasteiger partial charge in [-0.2, -0.15) is 0 Å². The van der Waals surface area contributed by atoms with E-state index in [0.29, 0.717) is 12.2 Å². The number of hydrogen-bond acceptors (Lipinski definition) is 4. The smallest absolute Gasteiger partial charge is 0.261 e. The van der Waals surface area contributed by atoms with Gasteiger partial charge in [0.15, 0.2) is 6.61 Å². The molecule has 0 saturated carbocycles. The standard InChI is InChI=1S/C22H21ClN2O4S/c1-16-7-9-18(10-8-16)25-30(27,28)19-11-12-21(20(23)13-19)29-15-22(26)24-14-17-5-3-2-4-6-17/h2-13,25H,14-15H2,1H3,(H,24,26). The first-order chi connectivity index (χ1) is 14.3.